The molecule has 2 aliphatic heterocycles. The van der Waals surface area contributed by atoms with Gasteiger partial charge in [0.1, 0.15) is 6.10 Å². The SMILES string of the molecule is CN1CC[C@]23c4c5ccc(O)c4O[C@H]2C(c2ccccc2)C(=NO)C[C@@]3(O)[C@H]1C5. The Labute approximate surface area is 169 Å². The molecule has 1 unspecified atom stereocenters. The summed E-state index contributed by atoms with van der Waals surface area (Å²) in [5, 5.41) is 36.5. The lowest BCUT2D eigenvalue weighted by Gasteiger charge is -2.63. The summed E-state index contributed by atoms with van der Waals surface area (Å²) in [4.78, 5) is 2.22. The lowest BCUT2D eigenvalue weighted by Crippen LogP contribution is -2.77. The first-order valence-electron chi connectivity index (χ1n) is 10.2. The molecule has 1 saturated heterocycles. The van der Waals surface area contributed by atoms with Gasteiger partial charge in [0, 0.05) is 18.0 Å². The zero-order valence-electron chi connectivity index (χ0n) is 16.2. The number of aromatic hydroxyl groups is 1. The fourth-order valence-corrected chi connectivity index (χ4v) is 6.72. The van der Waals surface area contributed by atoms with Crippen molar-refractivity contribution < 1.29 is 20.2 Å². The third-order valence-electron chi connectivity index (χ3n) is 7.93. The van der Waals surface area contributed by atoms with E-state index in [0.29, 0.717) is 17.9 Å². The summed E-state index contributed by atoms with van der Waals surface area (Å²) in [7, 11) is 2.05. The van der Waals surface area contributed by atoms with Crippen molar-refractivity contribution in [1.29, 1.82) is 0 Å². The molecule has 2 bridgehead atoms. The number of hydrogen-bond acceptors (Lipinski definition) is 6. The number of hydrogen-bond donors (Lipinski definition) is 3. The summed E-state index contributed by atoms with van der Waals surface area (Å²) in [5.74, 6) is 0.318. The number of likely N-dealkylation sites (N-methyl/N-ethyl adjacent to an activating group) is 1. The van der Waals surface area contributed by atoms with Crippen LogP contribution in [0.25, 0.3) is 0 Å². The van der Waals surface area contributed by atoms with E-state index < -0.39 is 17.1 Å². The van der Waals surface area contributed by atoms with Gasteiger partial charge in [0.25, 0.3) is 0 Å². The first-order valence-corrected chi connectivity index (χ1v) is 10.2. The Morgan fingerprint density at radius 3 is 2.72 bits per heavy atom. The minimum absolute atomic E-state index is 0.0983. The zero-order chi connectivity index (χ0) is 20.0. The lowest BCUT2D eigenvalue weighted by atomic mass is 9.46. The Hall–Kier alpha value is -2.57. The van der Waals surface area contributed by atoms with Crippen molar-refractivity contribution in [2.45, 2.75) is 48.3 Å². The molecule has 5 atom stereocenters. The number of ether oxygens (including phenoxy) is 1. The molecule has 0 amide bonds. The molecule has 150 valence electrons. The highest BCUT2D eigenvalue weighted by molar-refractivity contribution is 5.95. The quantitative estimate of drug-likeness (QED) is 0.513. The third-order valence-corrected chi connectivity index (χ3v) is 7.93. The van der Waals surface area contributed by atoms with Gasteiger partial charge in [0.2, 0.25) is 0 Å². The second-order valence-corrected chi connectivity index (χ2v) is 8.99. The van der Waals surface area contributed by atoms with E-state index in [9.17, 15) is 15.4 Å². The predicted molar refractivity (Wildman–Crippen MR) is 107 cm³/mol. The smallest absolute Gasteiger partial charge is 0.165 e. The van der Waals surface area contributed by atoms with E-state index in [2.05, 4.69) is 10.1 Å². The highest BCUT2D eigenvalue weighted by atomic mass is 16.5. The minimum Gasteiger partial charge on any atom is -0.504 e. The van der Waals surface area contributed by atoms with Crippen LogP contribution in [0.15, 0.2) is 47.6 Å². The van der Waals surface area contributed by atoms with Gasteiger partial charge in [-0.1, -0.05) is 41.6 Å². The van der Waals surface area contributed by atoms with Crippen molar-refractivity contribution in [3.05, 3.63) is 59.2 Å². The maximum atomic E-state index is 12.2. The van der Waals surface area contributed by atoms with Crippen molar-refractivity contribution >= 4 is 5.71 Å². The van der Waals surface area contributed by atoms with Crippen LogP contribution in [0, 0.1) is 0 Å². The van der Waals surface area contributed by atoms with Crippen LogP contribution >= 0.6 is 0 Å². The standard InChI is InChI=1S/C23H24N2O4/c1-25-10-9-22-19-14-7-8-16(26)20(19)29-21(22)18(13-5-3-2-4-6-13)15(24-28)12-23(22,27)17(25)11-14/h2-8,17-18,21,26-28H,9-12H2,1H3/t17-,18?,21+,22+,23-/m1/s1. The Kier molecular flexibility index (Phi) is 3.29. The number of benzene rings is 2. The summed E-state index contributed by atoms with van der Waals surface area (Å²) in [6, 6.07) is 13.5. The molecule has 0 aromatic heterocycles. The summed E-state index contributed by atoms with van der Waals surface area (Å²) in [6.45, 7) is 0.842. The fourth-order valence-electron chi connectivity index (χ4n) is 6.72. The minimum atomic E-state index is -1.12. The van der Waals surface area contributed by atoms with Gasteiger partial charge < -0.3 is 25.1 Å². The maximum absolute atomic E-state index is 12.2. The summed E-state index contributed by atoms with van der Waals surface area (Å²) >= 11 is 0. The number of oxime groups is 1. The lowest BCUT2D eigenvalue weighted by molar-refractivity contribution is -0.164. The number of aliphatic hydroxyl groups is 1. The second-order valence-electron chi connectivity index (χ2n) is 8.99. The third kappa shape index (κ3) is 1.87. The number of rotatable bonds is 1. The van der Waals surface area contributed by atoms with E-state index in [-0.39, 0.29) is 24.1 Å². The number of nitrogens with zero attached hydrogens (tertiary/aromatic N) is 2. The van der Waals surface area contributed by atoms with Gasteiger partial charge in [0.15, 0.2) is 11.5 Å². The molecule has 2 fully saturated rings. The topological polar surface area (TPSA) is 85.5 Å². The van der Waals surface area contributed by atoms with Crippen molar-refractivity contribution in [2.75, 3.05) is 13.6 Å². The molecular weight excluding hydrogens is 368 g/mol. The van der Waals surface area contributed by atoms with Gasteiger partial charge in [-0.15, -0.1) is 0 Å². The Morgan fingerprint density at radius 2 is 1.97 bits per heavy atom. The number of likely N-dealkylation sites (tertiary alicyclic amines) is 1. The van der Waals surface area contributed by atoms with Crippen molar-refractivity contribution in [1.82, 2.24) is 4.90 Å². The van der Waals surface area contributed by atoms with Crippen molar-refractivity contribution in [3.8, 4) is 11.5 Å². The summed E-state index contributed by atoms with van der Waals surface area (Å²) in [6.07, 6.45) is 1.26. The van der Waals surface area contributed by atoms with Gasteiger partial charge in [0.05, 0.1) is 22.6 Å². The maximum Gasteiger partial charge on any atom is 0.165 e. The Bertz CT molecular complexity index is 1040. The molecule has 6 rings (SSSR count). The molecule has 29 heavy (non-hydrogen) atoms. The number of piperidine rings is 1. The second kappa shape index (κ2) is 5.52. The van der Waals surface area contributed by atoms with E-state index in [1.54, 1.807) is 6.07 Å². The highest BCUT2D eigenvalue weighted by Gasteiger charge is 2.74. The van der Waals surface area contributed by atoms with Crippen LogP contribution < -0.4 is 4.74 Å². The van der Waals surface area contributed by atoms with Gasteiger partial charge in [-0.2, -0.15) is 0 Å². The first-order chi connectivity index (χ1) is 14.0. The zero-order valence-corrected chi connectivity index (χ0v) is 16.2. The van der Waals surface area contributed by atoms with Gasteiger partial charge >= 0.3 is 0 Å². The molecule has 6 heteroatoms. The molecule has 3 N–H and O–H groups in total. The molecule has 1 saturated carbocycles. The molecule has 4 aliphatic rings. The summed E-state index contributed by atoms with van der Waals surface area (Å²) < 4.78 is 6.49. The largest absolute Gasteiger partial charge is 0.504 e. The van der Waals surface area contributed by atoms with Gasteiger partial charge in [-0.05, 0) is 43.6 Å². The van der Waals surface area contributed by atoms with Crippen LogP contribution in [0.4, 0.5) is 0 Å². The molecule has 2 heterocycles. The van der Waals surface area contributed by atoms with Crippen LogP contribution in [0.5, 0.6) is 11.5 Å². The normalized spacial score (nSPS) is 38.6. The van der Waals surface area contributed by atoms with E-state index in [1.807, 2.05) is 43.4 Å². The average molecular weight is 392 g/mol. The van der Waals surface area contributed by atoms with E-state index in [4.69, 9.17) is 4.74 Å². The van der Waals surface area contributed by atoms with Crippen molar-refractivity contribution in [3.63, 3.8) is 0 Å². The average Bonchev–Trinajstić information content (AvgIpc) is 3.08. The predicted octanol–water partition coefficient (Wildman–Crippen LogP) is 2.40. The van der Waals surface area contributed by atoms with E-state index >= 15 is 0 Å². The molecule has 2 aliphatic carbocycles. The molecular formula is C23H24N2O4. The molecule has 2 aromatic rings. The van der Waals surface area contributed by atoms with Gasteiger partial charge in [-0.25, -0.2) is 0 Å². The van der Waals surface area contributed by atoms with Crippen LogP contribution in [-0.2, 0) is 11.8 Å². The summed E-state index contributed by atoms with van der Waals surface area (Å²) in [5.41, 5.74) is 1.88. The van der Waals surface area contributed by atoms with E-state index in [0.717, 1.165) is 29.7 Å². The highest BCUT2D eigenvalue weighted by Crippen LogP contribution is 2.66. The first kappa shape index (κ1) is 17.3. The van der Waals surface area contributed by atoms with Crippen LogP contribution in [-0.4, -0.2) is 57.4 Å². The molecule has 6 nitrogen and oxygen atoms in total. The van der Waals surface area contributed by atoms with Crippen LogP contribution in [0.2, 0.25) is 0 Å². The molecule has 2 aromatic carbocycles. The number of phenolic OH excluding ortho intramolecular Hbond substituents is 1. The van der Waals surface area contributed by atoms with Gasteiger partial charge in [-0.3, -0.25) is 0 Å². The fraction of sp³-hybridized carbons (Fsp3) is 0.435. The molecule has 0 radical (unpaired) electrons. The Balaban J connectivity index is 1.66. The Morgan fingerprint density at radius 1 is 1.17 bits per heavy atom. The van der Waals surface area contributed by atoms with E-state index in [1.165, 1.54) is 0 Å². The van der Waals surface area contributed by atoms with Crippen molar-refractivity contribution in [2.24, 2.45) is 5.16 Å². The van der Waals surface area contributed by atoms with Crippen LogP contribution in [0.3, 0.4) is 0 Å². The molecule has 1 spiro atoms. The van der Waals surface area contributed by atoms with Crippen LogP contribution in [0.1, 0.15) is 35.4 Å². The number of phenols is 1. The monoisotopic (exact) mass is 392 g/mol.